The number of benzene rings is 1. The minimum Gasteiger partial charge on any atom is -0.381 e. The third kappa shape index (κ3) is 4.14. The standard InChI is InChI=1S/C13H17Cl2NO/c14-12-2-1-11(7-13(12)15)8-16-5-3-10-4-6-17-9-10/h1-2,7,10,16H,3-6,8-9H2. The summed E-state index contributed by atoms with van der Waals surface area (Å²) >= 11 is 11.8. The minimum atomic E-state index is 0.610. The summed E-state index contributed by atoms with van der Waals surface area (Å²) in [5, 5.41) is 4.65. The quantitative estimate of drug-likeness (QED) is 0.830. The fraction of sp³-hybridized carbons (Fsp3) is 0.538. The van der Waals surface area contributed by atoms with Crippen molar-refractivity contribution in [3.05, 3.63) is 33.8 Å². The summed E-state index contributed by atoms with van der Waals surface area (Å²) in [4.78, 5) is 0. The van der Waals surface area contributed by atoms with Crippen LogP contribution < -0.4 is 5.32 Å². The van der Waals surface area contributed by atoms with Crippen LogP contribution >= 0.6 is 23.2 Å². The molecular weight excluding hydrogens is 257 g/mol. The second-order valence-electron chi connectivity index (χ2n) is 4.44. The van der Waals surface area contributed by atoms with E-state index in [0.717, 1.165) is 32.2 Å². The first-order valence-corrected chi connectivity index (χ1v) is 6.73. The molecular formula is C13H17Cl2NO. The fourth-order valence-electron chi connectivity index (χ4n) is 2.00. The lowest BCUT2D eigenvalue weighted by molar-refractivity contribution is 0.184. The Labute approximate surface area is 112 Å². The fourth-order valence-corrected chi connectivity index (χ4v) is 2.32. The molecule has 1 aliphatic heterocycles. The van der Waals surface area contributed by atoms with Gasteiger partial charge in [-0.2, -0.15) is 0 Å². The Hall–Kier alpha value is -0.280. The van der Waals surface area contributed by atoms with Crippen LogP contribution in [0.15, 0.2) is 18.2 Å². The topological polar surface area (TPSA) is 21.3 Å². The van der Waals surface area contributed by atoms with Gasteiger partial charge < -0.3 is 10.1 Å². The van der Waals surface area contributed by atoms with Crippen molar-refractivity contribution in [1.29, 1.82) is 0 Å². The van der Waals surface area contributed by atoms with Crippen LogP contribution in [0.5, 0.6) is 0 Å². The van der Waals surface area contributed by atoms with Crippen LogP contribution in [0.3, 0.4) is 0 Å². The van der Waals surface area contributed by atoms with Crippen LogP contribution in [0.1, 0.15) is 18.4 Å². The van der Waals surface area contributed by atoms with Crippen LogP contribution in [-0.4, -0.2) is 19.8 Å². The molecule has 1 aliphatic rings. The van der Waals surface area contributed by atoms with Crippen molar-refractivity contribution in [2.45, 2.75) is 19.4 Å². The Bertz CT molecular complexity index is 364. The highest BCUT2D eigenvalue weighted by atomic mass is 35.5. The predicted octanol–water partition coefficient (Wildman–Crippen LogP) is 3.51. The summed E-state index contributed by atoms with van der Waals surface area (Å²) in [5.74, 6) is 0.733. The molecule has 1 aromatic carbocycles. The molecule has 1 fully saturated rings. The lowest BCUT2D eigenvalue weighted by Gasteiger charge is -2.09. The van der Waals surface area contributed by atoms with Gasteiger partial charge in [-0.3, -0.25) is 0 Å². The number of hydrogen-bond donors (Lipinski definition) is 1. The van der Waals surface area contributed by atoms with Gasteiger partial charge in [0.25, 0.3) is 0 Å². The van der Waals surface area contributed by atoms with E-state index in [1.807, 2.05) is 18.2 Å². The van der Waals surface area contributed by atoms with Gasteiger partial charge in [-0.1, -0.05) is 29.3 Å². The predicted molar refractivity (Wildman–Crippen MR) is 71.7 cm³/mol. The third-order valence-corrected chi connectivity index (χ3v) is 3.81. The number of ether oxygens (including phenoxy) is 1. The Kier molecular flexibility index (Phi) is 5.11. The van der Waals surface area contributed by atoms with Crippen molar-refractivity contribution < 1.29 is 4.74 Å². The lowest BCUT2D eigenvalue weighted by atomic mass is 10.1. The summed E-state index contributed by atoms with van der Waals surface area (Å²) in [7, 11) is 0. The van der Waals surface area contributed by atoms with E-state index in [1.54, 1.807) is 0 Å². The van der Waals surface area contributed by atoms with E-state index < -0.39 is 0 Å². The molecule has 1 atom stereocenters. The Balaban J connectivity index is 1.68. The highest BCUT2D eigenvalue weighted by molar-refractivity contribution is 6.42. The van der Waals surface area contributed by atoms with Crippen molar-refractivity contribution in [2.75, 3.05) is 19.8 Å². The van der Waals surface area contributed by atoms with Crippen molar-refractivity contribution in [3.8, 4) is 0 Å². The molecule has 1 unspecified atom stereocenters. The molecule has 0 aromatic heterocycles. The van der Waals surface area contributed by atoms with Gasteiger partial charge in [-0.05, 0) is 43.0 Å². The number of hydrogen-bond acceptors (Lipinski definition) is 2. The van der Waals surface area contributed by atoms with E-state index in [9.17, 15) is 0 Å². The molecule has 4 heteroatoms. The van der Waals surface area contributed by atoms with Gasteiger partial charge in [-0.25, -0.2) is 0 Å². The zero-order valence-electron chi connectivity index (χ0n) is 9.72. The van der Waals surface area contributed by atoms with Crippen LogP contribution in [0.4, 0.5) is 0 Å². The first-order chi connectivity index (χ1) is 8.25. The highest BCUT2D eigenvalue weighted by Gasteiger charge is 2.14. The monoisotopic (exact) mass is 273 g/mol. The third-order valence-electron chi connectivity index (χ3n) is 3.07. The molecule has 2 nitrogen and oxygen atoms in total. The van der Waals surface area contributed by atoms with E-state index in [1.165, 1.54) is 18.4 Å². The maximum absolute atomic E-state index is 5.95. The Morgan fingerprint density at radius 2 is 2.18 bits per heavy atom. The van der Waals surface area contributed by atoms with E-state index in [0.29, 0.717) is 10.0 Å². The largest absolute Gasteiger partial charge is 0.381 e. The molecule has 0 saturated carbocycles. The summed E-state index contributed by atoms with van der Waals surface area (Å²) in [6.07, 6.45) is 2.38. The molecule has 0 spiro atoms. The number of nitrogens with one attached hydrogen (secondary N) is 1. The summed E-state index contributed by atoms with van der Waals surface area (Å²) < 4.78 is 5.34. The molecule has 1 N–H and O–H groups in total. The first-order valence-electron chi connectivity index (χ1n) is 5.98. The zero-order chi connectivity index (χ0) is 12.1. The second kappa shape index (κ2) is 6.60. The molecule has 2 rings (SSSR count). The molecule has 0 bridgehead atoms. The number of halogens is 2. The maximum Gasteiger partial charge on any atom is 0.0595 e. The van der Waals surface area contributed by atoms with E-state index in [4.69, 9.17) is 27.9 Å². The molecule has 1 heterocycles. The van der Waals surface area contributed by atoms with Crippen molar-refractivity contribution >= 4 is 23.2 Å². The van der Waals surface area contributed by atoms with Crippen molar-refractivity contribution in [3.63, 3.8) is 0 Å². The zero-order valence-corrected chi connectivity index (χ0v) is 11.2. The van der Waals surface area contributed by atoms with Gasteiger partial charge >= 0.3 is 0 Å². The molecule has 1 saturated heterocycles. The summed E-state index contributed by atoms with van der Waals surface area (Å²) in [6, 6.07) is 5.75. The van der Waals surface area contributed by atoms with Crippen LogP contribution in [-0.2, 0) is 11.3 Å². The van der Waals surface area contributed by atoms with Crippen molar-refractivity contribution in [2.24, 2.45) is 5.92 Å². The highest BCUT2D eigenvalue weighted by Crippen LogP contribution is 2.22. The van der Waals surface area contributed by atoms with Crippen LogP contribution in [0, 0.1) is 5.92 Å². The summed E-state index contributed by atoms with van der Waals surface area (Å²) in [5.41, 5.74) is 1.17. The molecule has 0 amide bonds. The maximum atomic E-state index is 5.95. The van der Waals surface area contributed by atoms with Gasteiger partial charge in [0.15, 0.2) is 0 Å². The van der Waals surface area contributed by atoms with Crippen LogP contribution in [0.2, 0.25) is 10.0 Å². The lowest BCUT2D eigenvalue weighted by Crippen LogP contribution is -2.18. The van der Waals surface area contributed by atoms with Gasteiger partial charge in [0.05, 0.1) is 10.0 Å². The van der Waals surface area contributed by atoms with Crippen molar-refractivity contribution in [1.82, 2.24) is 5.32 Å². The summed E-state index contributed by atoms with van der Waals surface area (Å²) in [6.45, 7) is 3.71. The Morgan fingerprint density at radius 1 is 1.29 bits per heavy atom. The average molecular weight is 274 g/mol. The molecule has 0 radical (unpaired) electrons. The van der Waals surface area contributed by atoms with Gasteiger partial charge in [0, 0.05) is 19.8 Å². The van der Waals surface area contributed by atoms with E-state index >= 15 is 0 Å². The minimum absolute atomic E-state index is 0.610. The molecule has 0 aliphatic carbocycles. The normalized spacial score (nSPS) is 19.8. The SMILES string of the molecule is Clc1ccc(CNCCC2CCOC2)cc1Cl. The molecule has 17 heavy (non-hydrogen) atoms. The van der Waals surface area contributed by atoms with Crippen LogP contribution in [0.25, 0.3) is 0 Å². The van der Waals surface area contributed by atoms with Gasteiger partial charge in [-0.15, -0.1) is 0 Å². The smallest absolute Gasteiger partial charge is 0.0595 e. The second-order valence-corrected chi connectivity index (χ2v) is 5.26. The van der Waals surface area contributed by atoms with Gasteiger partial charge in [0.1, 0.15) is 0 Å². The van der Waals surface area contributed by atoms with Gasteiger partial charge in [0.2, 0.25) is 0 Å². The average Bonchev–Trinajstić information content (AvgIpc) is 2.82. The van der Waals surface area contributed by atoms with E-state index in [2.05, 4.69) is 5.32 Å². The van der Waals surface area contributed by atoms with E-state index in [-0.39, 0.29) is 0 Å². The number of rotatable bonds is 5. The molecule has 94 valence electrons. The Morgan fingerprint density at radius 3 is 2.88 bits per heavy atom. The molecule has 1 aromatic rings. The first kappa shape index (κ1) is 13.2.